The Labute approximate surface area is 108 Å². The first-order valence-corrected chi connectivity index (χ1v) is 8.97. The first-order chi connectivity index (χ1) is 8.09. The zero-order valence-corrected chi connectivity index (χ0v) is 11.8. The summed E-state index contributed by atoms with van der Waals surface area (Å²) in [5.74, 6) is 0.619. The molecular weight excluding hydrogens is 256 g/mol. The molecule has 0 radical (unpaired) electrons. The number of hydrogen-bond donors (Lipinski definition) is 1. The fourth-order valence-electron chi connectivity index (χ4n) is 2.28. The maximum atomic E-state index is 11.5. The third-order valence-corrected chi connectivity index (χ3v) is 6.13. The van der Waals surface area contributed by atoms with Gasteiger partial charge in [0.05, 0.1) is 18.1 Å². The Hall–Kier alpha value is -0.230. The van der Waals surface area contributed by atoms with Crippen molar-refractivity contribution in [2.75, 3.05) is 18.1 Å². The quantitative estimate of drug-likeness (QED) is 0.847. The van der Waals surface area contributed by atoms with Crippen molar-refractivity contribution in [3.05, 3.63) is 0 Å². The van der Waals surface area contributed by atoms with Crippen molar-refractivity contribution in [3.63, 3.8) is 0 Å². The van der Waals surface area contributed by atoms with Crippen LogP contribution in [0.4, 0.5) is 0 Å². The number of rotatable bonds is 3. The Kier molecular flexibility index (Phi) is 4.36. The molecule has 2 aliphatic heterocycles. The van der Waals surface area contributed by atoms with E-state index in [1.165, 1.54) is 12.8 Å². The summed E-state index contributed by atoms with van der Waals surface area (Å²) in [4.78, 5) is 4.45. The number of aliphatic imine (C=N–C) groups is 1. The second-order valence-electron chi connectivity index (χ2n) is 4.77. The molecule has 6 heteroatoms. The van der Waals surface area contributed by atoms with Gasteiger partial charge >= 0.3 is 0 Å². The highest BCUT2D eigenvalue weighted by molar-refractivity contribution is 8.14. The lowest BCUT2D eigenvalue weighted by Crippen LogP contribution is -2.42. The van der Waals surface area contributed by atoms with Gasteiger partial charge in [-0.1, -0.05) is 25.1 Å². The molecule has 0 amide bonds. The molecule has 0 aromatic rings. The van der Waals surface area contributed by atoms with Crippen molar-refractivity contribution in [1.29, 1.82) is 0 Å². The minimum atomic E-state index is -2.82. The highest BCUT2D eigenvalue weighted by atomic mass is 32.2. The lowest BCUT2D eigenvalue weighted by molar-refractivity contribution is 0.533. The van der Waals surface area contributed by atoms with Gasteiger partial charge in [-0.25, -0.2) is 8.42 Å². The van der Waals surface area contributed by atoms with E-state index in [0.29, 0.717) is 11.0 Å². The summed E-state index contributed by atoms with van der Waals surface area (Å²) in [5, 5.41) is 4.83. The molecule has 4 nitrogen and oxygen atoms in total. The minimum absolute atomic E-state index is 0.0698. The Balaban J connectivity index is 1.82. The van der Waals surface area contributed by atoms with Crippen LogP contribution >= 0.6 is 11.8 Å². The van der Waals surface area contributed by atoms with E-state index in [0.717, 1.165) is 24.6 Å². The third-order valence-electron chi connectivity index (χ3n) is 3.12. The van der Waals surface area contributed by atoms with Crippen molar-refractivity contribution < 1.29 is 8.42 Å². The van der Waals surface area contributed by atoms with Gasteiger partial charge in [-0.2, -0.15) is 0 Å². The molecule has 2 aliphatic rings. The Morgan fingerprint density at radius 2 is 2.35 bits per heavy atom. The molecule has 1 N–H and O–H groups in total. The van der Waals surface area contributed by atoms with E-state index in [-0.39, 0.29) is 11.8 Å². The van der Waals surface area contributed by atoms with Gasteiger partial charge in [0, 0.05) is 11.3 Å². The first-order valence-electron chi connectivity index (χ1n) is 6.27. The molecule has 1 fully saturated rings. The van der Waals surface area contributed by atoms with Crippen LogP contribution in [-0.2, 0) is 9.84 Å². The van der Waals surface area contributed by atoms with Crippen LogP contribution in [0.25, 0.3) is 0 Å². The van der Waals surface area contributed by atoms with Crippen LogP contribution in [-0.4, -0.2) is 42.9 Å². The molecular formula is C11H20N2O2S2. The van der Waals surface area contributed by atoms with Crippen LogP contribution in [0.3, 0.4) is 0 Å². The van der Waals surface area contributed by atoms with Crippen LogP contribution in [0.2, 0.25) is 0 Å². The van der Waals surface area contributed by atoms with E-state index in [4.69, 9.17) is 0 Å². The maximum Gasteiger partial charge on any atom is 0.157 e. The van der Waals surface area contributed by atoms with Crippen LogP contribution in [0.1, 0.15) is 32.6 Å². The van der Waals surface area contributed by atoms with Crippen molar-refractivity contribution >= 4 is 26.8 Å². The molecule has 98 valence electrons. The van der Waals surface area contributed by atoms with Gasteiger partial charge in [0.15, 0.2) is 15.0 Å². The summed E-state index contributed by atoms with van der Waals surface area (Å²) >= 11 is 1.77. The summed E-state index contributed by atoms with van der Waals surface area (Å²) in [6.45, 7) is 3.06. The normalized spacial score (nSPS) is 32.2. The molecule has 0 aliphatic carbocycles. The molecule has 2 atom stereocenters. The largest absolute Gasteiger partial charge is 0.361 e. The molecule has 2 rings (SSSR count). The molecule has 17 heavy (non-hydrogen) atoms. The van der Waals surface area contributed by atoms with E-state index in [2.05, 4.69) is 17.2 Å². The first kappa shape index (κ1) is 13.2. The fourth-order valence-corrected chi connectivity index (χ4v) is 5.12. The van der Waals surface area contributed by atoms with Gasteiger partial charge in [-0.05, 0) is 19.3 Å². The zero-order chi connectivity index (χ0) is 12.3. The fraction of sp³-hybridized carbons (Fsp3) is 0.909. The topological polar surface area (TPSA) is 58.5 Å². The molecule has 0 aromatic heterocycles. The predicted octanol–water partition coefficient (Wildman–Crippen LogP) is 1.42. The van der Waals surface area contributed by atoms with Gasteiger partial charge in [-0.3, -0.25) is 4.99 Å². The number of sulfone groups is 1. The van der Waals surface area contributed by atoms with Crippen LogP contribution in [0, 0.1) is 0 Å². The van der Waals surface area contributed by atoms with Crippen LogP contribution in [0.15, 0.2) is 4.99 Å². The lowest BCUT2D eigenvalue weighted by atomic mass is 10.2. The number of amidine groups is 1. The highest BCUT2D eigenvalue weighted by Crippen LogP contribution is 2.24. The van der Waals surface area contributed by atoms with Crippen molar-refractivity contribution in [1.82, 2.24) is 5.32 Å². The molecule has 2 unspecified atom stereocenters. The standard InChI is InChI=1S/C11H20N2O2S2/c1-2-4-10-7-12-11(16-10)13-9-5-3-6-17(14,15)8-9/h9-10H,2-8H2,1H3,(H,12,13). The van der Waals surface area contributed by atoms with Gasteiger partial charge in [0.25, 0.3) is 0 Å². The SMILES string of the molecule is CCCC1CN=C(NC2CCCS(=O)(=O)C2)S1. The minimum Gasteiger partial charge on any atom is -0.361 e. The second kappa shape index (κ2) is 5.61. The van der Waals surface area contributed by atoms with E-state index in [9.17, 15) is 8.42 Å². The average molecular weight is 276 g/mol. The maximum absolute atomic E-state index is 11.5. The Morgan fingerprint density at radius 3 is 3.06 bits per heavy atom. The monoisotopic (exact) mass is 276 g/mol. The number of thioether (sulfide) groups is 1. The Bertz CT molecular complexity index is 392. The summed E-state index contributed by atoms with van der Waals surface area (Å²) in [5.41, 5.74) is 0. The van der Waals surface area contributed by atoms with Crippen LogP contribution < -0.4 is 5.32 Å². The molecule has 2 heterocycles. The molecule has 1 saturated heterocycles. The van der Waals surface area contributed by atoms with E-state index < -0.39 is 9.84 Å². The molecule has 0 spiro atoms. The number of nitrogens with zero attached hydrogens (tertiary/aromatic N) is 1. The van der Waals surface area contributed by atoms with Gasteiger partial charge < -0.3 is 5.32 Å². The highest BCUT2D eigenvalue weighted by Gasteiger charge is 2.27. The molecule has 0 saturated carbocycles. The van der Waals surface area contributed by atoms with Crippen molar-refractivity contribution in [2.24, 2.45) is 4.99 Å². The van der Waals surface area contributed by atoms with Crippen molar-refractivity contribution in [3.8, 4) is 0 Å². The third kappa shape index (κ3) is 3.88. The van der Waals surface area contributed by atoms with E-state index in [1.54, 1.807) is 11.8 Å². The summed E-state index contributed by atoms with van der Waals surface area (Å²) in [6, 6.07) is 0.0698. The lowest BCUT2D eigenvalue weighted by Gasteiger charge is -2.23. The molecule has 0 bridgehead atoms. The average Bonchev–Trinajstić information content (AvgIpc) is 2.64. The van der Waals surface area contributed by atoms with Gasteiger partial charge in [0.1, 0.15) is 0 Å². The summed E-state index contributed by atoms with van der Waals surface area (Å²) in [7, 11) is -2.82. The van der Waals surface area contributed by atoms with Gasteiger partial charge in [-0.15, -0.1) is 0 Å². The van der Waals surface area contributed by atoms with Crippen LogP contribution in [0.5, 0.6) is 0 Å². The smallest absolute Gasteiger partial charge is 0.157 e. The van der Waals surface area contributed by atoms with E-state index >= 15 is 0 Å². The molecule has 0 aromatic carbocycles. The number of nitrogens with one attached hydrogen (secondary N) is 1. The van der Waals surface area contributed by atoms with Crippen molar-refractivity contribution in [2.45, 2.75) is 43.9 Å². The predicted molar refractivity (Wildman–Crippen MR) is 73.4 cm³/mol. The number of hydrogen-bond acceptors (Lipinski definition) is 5. The van der Waals surface area contributed by atoms with E-state index in [1.807, 2.05) is 0 Å². The zero-order valence-electron chi connectivity index (χ0n) is 10.2. The summed E-state index contributed by atoms with van der Waals surface area (Å²) in [6.07, 6.45) is 4.08. The van der Waals surface area contributed by atoms with Gasteiger partial charge in [0.2, 0.25) is 0 Å². The Morgan fingerprint density at radius 1 is 1.53 bits per heavy atom. The summed E-state index contributed by atoms with van der Waals surface area (Å²) < 4.78 is 23.0. The second-order valence-corrected chi connectivity index (χ2v) is 8.29.